The highest BCUT2D eigenvalue weighted by molar-refractivity contribution is 8.00. The predicted octanol–water partition coefficient (Wildman–Crippen LogP) is 1.53. The van der Waals surface area contributed by atoms with Gasteiger partial charge in [-0.3, -0.25) is 14.6 Å². The summed E-state index contributed by atoms with van der Waals surface area (Å²) in [5, 5.41) is 8.25. The summed E-state index contributed by atoms with van der Waals surface area (Å²) in [4.78, 5) is 40.7. The number of rotatable bonds is 6. The number of carbonyl (C=O) groups excluding carboxylic acids is 2. The summed E-state index contributed by atoms with van der Waals surface area (Å²) in [5.41, 5.74) is 8.72. The number of anilines is 1. The molecule has 2 aromatic heterocycles. The number of hydrogen-bond donors (Lipinski definition) is 2. The smallest absolute Gasteiger partial charge is 0.276 e. The fourth-order valence-corrected chi connectivity index (χ4v) is 5.12. The first-order valence-electron chi connectivity index (χ1n) is 8.41. The Kier molecular flexibility index (Phi) is 5.65. The number of carbonyl (C=O) groups is 2. The number of hydrogen-bond acceptors (Lipinski definition) is 10. The van der Waals surface area contributed by atoms with E-state index in [0.717, 1.165) is 16.2 Å². The number of oxime groups is 1. The molecule has 4 rings (SSSR count). The number of thioether (sulfide) groups is 1. The van der Waals surface area contributed by atoms with E-state index in [1.807, 2.05) is 18.4 Å². The first kappa shape index (κ1) is 19.6. The van der Waals surface area contributed by atoms with Crippen molar-refractivity contribution in [1.82, 2.24) is 20.2 Å². The lowest BCUT2D eigenvalue weighted by molar-refractivity contribution is -0.143. The molecule has 2 aliphatic heterocycles. The van der Waals surface area contributed by atoms with Gasteiger partial charge in [0.25, 0.3) is 11.8 Å². The first-order chi connectivity index (χ1) is 14.1. The molecule has 0 aromatic carbocycles. The third kappa shape index (κ3) is 4.04. The van der Waals surface area contributed by atoms with Crippen LogP contribution in [0.3, 0.4) is 0 Å². The maximum atomic E-state index is 12.7. The number of fused-ring (bicyclic) bond motifs is 1. The third-order valence-corrected chi connectivity index (χ3v) is 6.92. The van der Waals surface area contributed by atoms with E-state index in [4.69, 9.17) is 10.6 Å². The molecule has 0 saturated carbocycles. The van der Waals surface area contributed by atoms with Crippen LogP contribution in [0.4, 0.5) is 5.13 Å². The highest BCUT2D eigenvalue weighted by atomic mass is 32.2. The lowest BCUT2D eigenvalue weighted by atomic mass is 10.1. The van der Waals surface area contributed by atoms with Gasteiger partial charge in [0.05, 0.1) is 5.51 Å². The molecule has 150 valence electrons. The molecular weight excluding hydrogens is 432 g/mol. The zero-order valence-electron chi connectivity index (χ0n) is 15.1. The topological polar surface area (TPSA) is 123 Å². The van der Waals surface area contributed by atoms with Crippen LogP contribution in [0.2, 0.25) is 0 Å². The van der Waals surface area contributed by atoms with Crippen molar-refractivity contribution < 1.29 is 14.4 Å². The van der Waals surface area contributed by atoms with Crippen molar-refractivity contribution >= 4 is 63.2 Å². The number of β-lactam (4-membered cyclic amide) rings is 1. The molecule has 3 N–H and O–H groups in total. The Morgan fingerprint density at radius 3 is 3.00 bits per heavy atom. The van der Waals surface area contributed by atoms with Crippen LogP contribution in [0.15, 0.2) is 40.1 Å². The standard InChI is InChI=1S/C17H16N6O3S3/c1-26-22-12(11-7-28-17(18)20-11)14(24)21-13-15(25)23-5-9(6-27-16(13)23)2-3-10-4-19-8-29-10/h2-5,7-8,13,16H,6H2,1H3,(H2,18,20)(H,21,24)/t13?,16-/m0/s1. The van der Waals surface area contributed by atoms with Gasteiger partial charge in [0.1, 0.15) is 24.2 Å². The van der Waals surface area contributed by atoms with Crippen LogP contribution >= 0.6 is 34.4 Å². The van der Waals surface area contributed by atoms with Crippen molar-refractivity contribution in [3.8, 4) is 0 Å². The molecule has 1 saturated heterocycles. The number of nitrogens with one attached hydrogen (secondary N) is 1. The summed E-state index contributed by atoms with van der Waals surface area (Å²) >= 11 is 4.33. The normalized spacial score (nSPS) is 21.6. The van der Waals surface area contributed by atoms with Gasteiger partial charge >= 0.3 is 0 Å². The van der Waals surface area contributed by atoms with E-state index in [1.54, 1.807) is 45.1 Å². The van der Waals surface area contributed by atoms with Crippen LogP contribution < -0.4 is 11.1 Å². The molecule has 0 radical (unpaired) electrons. The van der Waals surface area contributed by atoms with Crippen LogP contribution in [0.25, 0.3) is 6.08 Å². The highest BCUT2D eigenvalue weighted by Crippen LogP contribution is 2.36. The van der Waals surface area contributed by atoms with Crippen molar-refractivity contribution in [3.05, 3.63) is 45.5 Å². The average Bonchev–Trinajstić information content (AvgIpc) is 3.40. The van der Waals surface area contributed by atoms with Crippen LogP contribution in [-0.4, -0.2) is 56.7 Å². The predicted molar refractivity (Wildman–Crippen MR) is 114 cm³/mol. The Morgan fingerprint density at radius 2 is 2.31 bits per heavy atom. The van der Waals surface area contributed by atoms with Crippen molar-refractivity contribution in [2.24, 2.45) is 5.16 Å². The highest BCUT2D eigenvalue weighted by Gasteiger charge is 2.49. The molecule has 2 amide bonds. The van der Waals surface area contributed by atoms with E-state index in [-0.39, 0.29) is 17.0 Å². The number of thiazole rings is 2. The zero-order chi connectivity index (χ0) is 20.4. The number of aromatic nitrogens is 2. The Hall–Kier alpha value is -2.70. The zero-order valence-corrected chi connectivity index (χ0v) is 17.6. The van der Waals surface area contributed by atoms with E-state index < -0.39 is 11.9 Å². The van der Waals surface area contributed by atoms with Gasteiger partial charge in [-0.25, -0.2) is 4.98 Å². The van der Waals surface area contributed by atoms with E-state index in [0.29, 0.717) is 10.8 Å². The SMILES string of the molecule is CON=C(C(=O)NC1C(=O)N2C=C(C=Cc3cncs3)CS[C@@H]12)c1csc(N)n1. The van der Waals surface area contributed by atoms with Gasteiger partial charge in [-0.15, -0.1) is 34.4 Å². The largest absolute Gasteiger partial charge is 0.398 e. The summed E-state index contributed by atoms with van der Waals surface area (Å²) in [6.07, 6.45) is 7.57. The molecule has 1 unspecified atom stereocenters. The molecule has 0 aliphatic carbocycles. The number of allylic oxidation sites excluding steroid dienone is 1. The number of amides is 2. The van der Waals surface area contributed by atoms with E-state index >= 15 is 0 Å². The molecule has 9 nitrogen and oxygen atoms in total. The molecule has 2 atom stereocenters. The van der Waals surface area contributed by atoms with E-state index in [9.17, 15) is 9.59 Å². The lowest BCUT2D eigenvalue weighted by Crippen LogP contribution is -2.69. The van der Waals surface area contributed by atoms with Crippen LogP contribution in [-0.2, 0) is 14.4 Å². The van der Waals surface area contributed by atoms with Gasteiger partial charge in [0, 0.05) is 28.4 Å². The summed E-state index contributed by atoms with van der Waals surface area (Å²) in [6, 6.07) is -0.631. The molecule has 0 spiro atoms. The van der Waals surface area contributed by atoms with Gasteiger partial charge < -0.3 is 20.8 Å². The average molecular weight is 449 g/mol. The lowest BCUT2D eigenvalue weighted by Gasteiger charge is -2.47. The Balaban J connectivity index is 1.42. The van der Waals surface area contributed by atoms with E-state index in [1.165, 1.54) is 18.4 Å². The summed E-state index contributed by atoms with van der Waals surface area (Å²) in [5.74, 6) is 0.0296. The van der Waals surface area contributed by atoms with Gasteiger partial charge in [-0.2, -0.15) is 0 Å². The second-order valence-corrected chi connectivity index (χ2v) is 8.95. The minimum Gasteiger partial charge on any atom is -0.398 e. The molecule has 1 fully saturated rings. The summed E-state index contributed by atoms with van der Waals surface area (Å²) < 4.78 is 0. The Bertz CT molecular complexity index is 1010. The monoisotopic (exact) mass is 448 g/mol. The summed E-state index contributed by atoms with van der Waals surface area (Å²) in [7, 11) is 1.34. The molecule has 29 heavy (non-hydrogen) atoms. The number of nitrogen functional groups attached to an aromatic ring is 1. The maximum absolute atomic E-state index is 12.7. The van der Waals surface area contributed by atoms with E-state index in [2.05, 4.69) is 20.4 Å². The quantitative estimate of drug-likeness (QED) is 0.390. The fraction of sp³-hybridized carbons (Fsp3) is 0.235. The Labute approximate surface area is 178 Å². The fourth-order valence-electron chi connectivity index (χ4n) is 2.82. The van der Waals surface area contributed by atoms with Crippen LogP contribution in [0.5, 0.6) is 0 Å². The molecule has 2 aliphatic rings. The molecule has 0 bridgehead atoms. The number of nitrogens with zero attached hydrogens (tertiary/aromatic N) is 4. The minimum atomic E-state index is -0.631. The second-order valence-electron chi connectivity index (χ2n) is 6.03. The second kappa shape index (κ2) is 8.35. The van der Waals surface area contributed by atoms with Gasteiger partial charge in [-0.05, 0) is 11.6 Å². The third-order valence-electron chi connectivity index (χ3n) is 4.17. The maximum Gasteiger partial charge on any atom is 0.276 e. The summed E-state index contributed by atoms with van der Waals surface area (Å²) in [6.45, 7) is 0. The molecule has 2 aromatic rings. The Morgan fingerprint density at radius 1 is 1.45 bits per heavy atom. The van der Waals surface area contributed by atoms with Crippen molar-refractivity contribution in [1.29, 1.82) is 0 Å². The van der Waals surface area contributed by atoms with Gasteiger partial charge in [0.15, 0.2) is 10.8 Å². The molecule has 12 heteroatoms. The van der Waals surface area contributed by atoms with Gasteiger partial charge in [-0.1, -0.05) is 11.2 Å². The van der Waals surface area contributed by atoms with Crippen LogP contribution in [0.1, 0.15) is 10.6 Å². The molecular formula is C17H16N6O3S3. The van der Waals surface area contributed by atoms with Crippen molar-refractivity contribution in [2.45, 2.75) is 11.4 Å². The van der Waals surface area contributed by atoms with Gasteiger partial charge in [0.2, 0.25) is 0 Å². The molecule has 4 heterocycles. The van der Waals surface area contributed by atoms with Crippen molar-refractivity contribution in [2.75, 3.05) is 18.6 Å². The minimum absolute atomic E-state index is 0.0174. The number of nitrogens with two attached hydrogens (primary N) is 1. The van der Waals surface area contributed by atoms with Crippen LogP contribution in [0, 0.1) is 0 Å². The van der Waals surface area contributed by atoms with Crippen molar-refractivity contribution in [3.63, 3.8) is 0 Å². The first-order valence-corrected chi connectivity index (χ1v) is 11.2.